The summed E-state index contributed by atoms with van der Waals surface area (Å²) in [6, 6.07) is 20.3. The quantitative estimate of drug-likeness (QED) is 0.516. The number of amides is 2. The molecule has 5 heteroatoms. The third kappa shape index (κ3) is 10.5. The highest BCUT2D eigenvalue weighted by atomic mass is 16.5. The van der Waals surface area contributed by atoms with Crippen LogP contribution in [0.5, 0.6) is 0 Å². The average molecular weight is 426 g/mol. The molecule has 0 bridgehead atoms. The second kappa shape index (κ2) is 13.8. The van der Waals surface area contributed by atoms with Crippen LogP contribution in [0.3, 0.4) is 0 Å². The van der Waals surface area contributed by atoms with Crippen LogP contribution in [0.2, 0.25) is 0 Å². The summed E-state index contributed by atoms with van der Waals surface area (Å²) in [6.07, 6.45) is 1.74. The minimum absolute atomic E-state index is 0.00765. The molecule has 31 heavy (non-hydrogen) atoms. The number of likely N-dealkylation sites (N-methyl/N-ethyl adjacent to an activating group) is 1. The van der Waals surface area contributed by atoms with Crippen molar-refractivity contribution in [3.05, 3.63) is 71.8 Å². The molecule has 0 fully saturated rings. The molecule has 0 spiro atoms. The maximum Gasteiger partial charge on any atom is 0.317 e. The first-order valence-corrected chi connectivity index (χ1v) is 11.3. The van der Waals surface area contributed by atoms with Crippen molar-refractivity contribution in [3.63, 3.8) is 0 Å². The molecule has 1 N–H and O–H groups in total. The Morgan fingerprint density at radius 2 is 1.52 bits per heavy atom. The van der Waals surface area contributed by atoms with Crippen molar-refractivity contribution in [2.24, 2.45) is 5.92 Å². The van der Waals surface area contributed by atoms with E-state index in [0.29, 0.717) is 25.7 Å². The van der Waals surface area contributed by atoms with Gasteiger partial charge in [0, 0.05) is 19.6 Å². The maximum atomic E-state index is 13.1. The monoisotopic (exact) mass is 425 g/mol. The summed E-state index contributed by atoms with van der Waals surface area (Å²) in [6.45, 7) is 7.73. The molecular formula is C26H39N3O2. The molecule has 0 heterocycles. The van der Waals surface area contributed by atoms with E-state index < -0.39 is 0 Å². The van der Waals surface area contributed by atoms with Gasteiger partial charge in [-0.25, -0.2) is 4.79 Å². The zero-order valence-electron chi connectivity index (χ0n) is 19.6. The number of ether oxygens (including phenoxy) is 1. The number of urea groups is 1. The van der Waals surface area contributed by atoms with Crippen molar-refractivity contribution in [2.45, 2.75) is 39.3 Å². The van der Waals surface area contributed by atoms with E-state index in [1.807, 2.05) is 55.4 Å². The molecule has 0 aromatic heterocycles. The maximum absolute atomic E-state index is 13.1. The molecule has 0 aliphatic carbocycles. The van der Waals surface area contributed by atoms with Crippen LogP contribution in [-0.4, -0.2) is 62.2 Å². The van der Waals surface area contributed by atoms with Gasteiger partial charge in [0.25, 0.3) is 0 Å². The molecule has 5 nitrogen and oxygen atoms in total. The van der Waals surface area contributed by atoms with Gasteiger partial charge in [-0.1, -0.05) is 74.5 Å². The van der Waals surface area contributed by atoms with Gasteiger partial charge in [0.2, 0.25) is 0 Å². The molecule has 0 radical (unpaired) electrons. The Balaban J connectivity index is 2.00. The van der Waals surface area contributed by atoms with E-state index in [1.165, 1.54) is 5.56 Å². The van der Waals surface area contributed by atoms with Crippen LogP contribution in [0, 0.1) is 5.92 Å². The summed E-state index contributed by atoms with van der Waals surface area (Å²) >= 11 is 0. The number of hydrogen-bond donors (Lipinski definition) is 1. The number of hydrogen-bond acceptors (Lipinski definition) is 3. The van der Waals surface area contributed by atoms with Crippen molar-refractivity contribution >= 4 is 6.03 Å². The lowest BCUT2D eigenvalue weighted by Crippen LogP contribution is -2.49. The average Bonchev–Trinajstić information content (AvgIpc) is 2.74. The smallest absolute Gasteiger partial charge is 0.317 e. The van der Waals surface area contributed by atoms with Crippen molar-refractivity contribution in [1.29, 1.82) is 0 Å². The predicted molar refractivity (Wildman–Crippen MR) is 128 cm³/mol. The van der Waals surface area contributed by atoms with Crippen LogP contribution in [0.4, 0.5) is 4.79 Å². The van der Waals surface area contributed by atoms with Crippen molar-refractivity contribution in [3.8, 4) is 0 Å². The van der Waals surface area contributed by atoms with E-state index >= 15 is 0 Å². The standard InChI is InChI=1S/C26H39N3O2/c1-22(2)15-16-29(18-17-28(3)4)26(30)27-25(19-23-11-7-5-8-12-23)21-31-20-24-13-9-6-10-14-24/h5-14,22,25H,15-21H2,1-4H3,(H,27,30). The molecule has 0 saturated heterocycles. The van der Waals surface area contributed by atoms with Gasteiger partial charge < -0.3 is 19.9 Å². The van der Waals surface area contributed by atoms with Gasteiger partial charge in [0.05, 0.1) is 19.3 Å². The summed E-state index contributed by atoms with van der Waals surface area (Å²) in [5.74, 6) is 0.559. The minimum atomic E-state index is -0.0838. The van der Waals surface area contributed by atoms with Crippen molar-refractivity contribution < 1.29 is 9.53 Å². The topological polar surface area (TPSA) is 44.8 Å². The zero-order chi connectivity index (χ0) is 22.5. The predicted octanol–water partition coefficient (Wildman–Crippen LogP) is 4.43. The van der Waals surface area contributed by atoms with E-state index in [2.05, 4.69) is 48.3 Å². The fourth-order valence-electron chi connectivity index (χ4n) is 3.26. The van der Waals surface area contributed by atoms with Gasteiger partial charge >= 0.3 is 6.03 Å². The second-order valence-corrected chi connectivity index (χ2v) is 8.81. The van der Waals surface area contributed by atoms with Crippen LogP contribution in [0.25, 0.3) is 0 Å². The lowest BCUT2D eigenvalue weighted by molar-refractivity contribution is 0.0970. The Bertz CT molecular complexity index is 723. The number of rotatable bonds is 13. The van der Waals surface area contributed by atoms with Gasteiger partial charge in [-0.3, -0.25) is 0 Å². The van der Waals surface area contributed by atoms with Crippen LogP contribution >= 0.6 is 0 Å². The largest absolute Gasteiger partial charge is 0.375 e. The normalized spacial score (nSPS) is 12.2. The summed E-state index contributed by atoms with van der Waals surface area (Å²) in [5, 5.41) is 3.24. The number of nitrogens with one attached hydrogen (secondary N) is 1. The first kappa shape index (κ1) is 24.9. The van der Waals surface area contributed by atoms with Crippen molar-refractivity contribution in [2.75, 3.05) is 40.3 Å². The highest BCUT2D eigenvalue weighted by molar-refractivity contribution is 5.74. The van der Waals surface area contributed by atoms with Crippen molar-refractivity contribution in [1.82, 2.24) is 15.1 Å². The fourth-order valence-corrected chi connectivity index (χ4v) is 3.26. The summed E-state index contributed by atoms with van der Waals surface area (Å²) in [4.78, 5) is 17.2. The number of benzene rings is 2. The molecule has 2 aromatic rings. The van der Waals surface area contributed by atoms with Crippen LogP contribution in [0.1, 0.15) is 31.4 Å². The first-order valence-electron chi connectivity index (χ1n) is 11.3. The van der Waals surface area contributed by atoms with E-state index in [0.717, 1.165) is 31.5 Å². The molecule has 2 aromatic carbocycles. The van der Waals surface area contributed by atoms with E-state index in [-0.39, 0.29) is 12.1 Å². The molecule has 0 aliphatic heterocycles. The number of carbonyl (C=O) groups excluding carboxylic acids is 1. The van der Waals surface area contributed by atoms with Crippen LogP contribution < -0.4 is 5.32 Å². The molecule has 0 saturated carbocycles. The van der Waals surface area contributed by atoms with Crippen LogP contribution in [0.15, 0.2) is 60.7 Å². The number of carbonyl (C=O) groups is 1. The van der Waals surface area contributed by atoms with Gasteiger partial charge in [-0.15, -0.1) is 0 Å². The molecule has 1 atom stereocenters. The molecular weight excluding hydrogens is 386 g/mol. The highest BCUT2D eigenvalue weighted by Crippen LogP contribution is 2.08. The second-order valence-electron chi connectivity index (χ2n) is 8.81. The Kier molecular flexibility index (Phi) is 11.1. The first-order chi connectivity index (χ1) is 14.9. The summed E-state index contributed by atoms with van der Waals surface area (Å²) < 4.78 is 5.99. The van der Waals surface area contributed by atoms with Crippen LogP contribution in [-0.2, 0) is 17.8 Å². The van der Waals surface area contributed by atoms with Gasteiger partial charge in [0.15, 0.2) is 0 Å². The summed E-state index contributed by atoms with van der Waals surface area (Å²) in [5.41, 5.74) is 2.33. The van der Waals surface area contributed by atoms with E-state index in [1.54, 1.807) is 0 Å². The lowest BCUT2D eigenvalue weighted by atomic mass is 10.1. The third-order valence-electron chi connectivity index (χ3n) is 5.16. The molecule has 170 valence electrons. The SMILES string of the molecule is CC(C)CCN(CCN(C)C)C(=O)NC(COCc1ccccc1)Cc1ccccc1. The Morgan fingerprint density at radius 3 is 2.10 bits per heavy atom. The lowest BCUT2D eigenvalue weighted by Gasteiger charge is -2.28. The van der Waals surface area contributed by atoms with E-state index in [9.17, 15) is 4.79 Å². The Morgan fingerprint density at radius 1 is 0.903 bits per heavy atom. The zero-order valence-corrected chi connectivity index (χ0v) is 19.6. The van der Waals surface area contributed by atoms with Gasteiger partial charge in [-0.05, 0) is 44.0 Å². The highest BCUT2D eigenvalue weighted by Gasteiger charge is 2.19. The molecule has 2 amide bonds. The number of nitrogens with zero attached hydrogens (tertiary/aromatic N) is 2. The fraction of sp³-hybridized carbons (Fsp3) is 0.500. The molecule has 0 aliphatic rings. The Labute approximate surface area is 188 Å². The third-order valence-corrected chi connectivity index (χ3v) is 5.16. The van der Waals surface area contributed by atoms with Gasteiger partial charge in [-0.2, -0.15) is 0 Å². The van der Waals surface area contributed by atoms with E-state index in [4.69, 9.17) is 4.74 Å². The minimum Gasteiger partial charge on any atom is -0.375 e. The van der Waals surface area contributed by atoms with Gasteiger partial charge in [0.1, 0.15) is 0 Å². The summed E-state index contributed by atoms with van der Waals surface area (Å²) in [7, 11) is 4.07. The molecule has 2 rings (SSSR count). The molecule has 1 unspecified atom stereocenters. The Hall–Kier alpha value is -2.37.